The number of carbonyl (C=O) groups excluding carboxylic acids is 5. The van der Waals surface area contributed by atoms with Gasteiger partial charge >= 0.3 is 0 Å². The standard InChI is InChI=1S/C35H27BrClFN2O6/c1-16(41)17-3-6-19(7-4-17)39-31(43)22-10-9-21-23(29(22)33(39)45)15-25-32(44)40(20-8-11-27(38)26(37)14-20)34(46)35(25,2)30(21)24-13-18(36)5-12-28(24)42/h3-9,11-14,22-23,25,29-30,42H,10,15H2,1-2H3. The van der Waals surface area contributed by atoms with Gasteiger partial charge in [-0.2, -0.15) is 0 Å². The largest absolute Gasteiger partial charge is 0.508 e. The van der Waals surface area contributed by atoms with Crippen LogP contribution in [0, 0.1) is 34.9 Å². The summed E-state index contributed by atoms with van der Waals surface area (Å²) >= 11 is 9.53. The van der Waals surface area contributed by atoms with Gasteiger partial charge < -0.3 is 5.11 Å². The maximum atomic E-state index is 14.5. The molecule has 6 unspecified atom stereocenters. The van der Waals surface area contributed by atoms with Crippen molar-refractivity contribution in [1.82, 2.24) is 0 Å². The molecule has 1 N–H and O–H groups in total. The molecule has 3 aromatic rings. The highest BCUT2D eigenvalue weighted by Gasteiger charge is 2.68. The third-order valence-corrected chi connectivity index (χ3v) is 11.1. The Kier molecular flexibility index (Phi) is 7.10. The number of amides is 4. The number of ketones is 1. The molecule has 11 heteroatoms. The molecule has 234 valence electrons. The minimum Gasteiger partial charge on any atom is -0.508 e. The summed E-state index contributed by atoms with van der Waals surface area (Å²) in [6, 6.07) is 14.8. The van der Waals surface area contributed by atoms with Crippen LogP contribution in [0.1, 0.15) is 48.5 Å². The minimum absolute atomic E-state index is 0.0820. The van der Waals surface area contributed by atoms with Gasteiger partial charge in [0.15, 0.2) is 5.78 Å². The molecule has 7 rings (SSSR count). The predicted octanol–water partition coefficient (Wildman–Crippen LogP) is 6.59. The van der Waals surface area contributed by atoms with Crippen molar-refractivity contribution in [3.63, 3.8) is 0 Å². The number of aromatic hydroxyl groups is 1. The number of hydrogen-bond acceptors (Lipinski definition) is 6. The first-order valence-electron chi connectivity index (χ1n) is 14.8. The van der Waals surface area contributed by atoms with E-state index >= 15 is 0 Å². The third-order valence-electron chi connectivity index (χ3n) is 10.3. The molecular formula is C35H27BrClFN2O6. The van der Waals surface area contributed by atoms with E-state index in [1.54, 1.807) is 43.3 Å². The number of imide groups is 2. The molecule has 4 amide bonds. The number of rotatable bonds is 4. The van der Waals surface area contributed by atoms with Gasteiger partial charge in [-0.3, -0.25) is 28.9 Å². The second-order valence-electron chi connectivity index (χ2n) is 12.6. The van der Waals surface area contributed by atoms with Gasteiger partial charge in [-0.15, -0.1) is 0 Å². The van der Waals surface area contributed by atoms with E-state index in [0.717, 1.165) is 15.9 Å². The molecule has 0 bridgehead atoms. The first-order chi connectivity index (χ1) is 21.8. The van der Waals surface area contributed by atoms with E-state index in [-0.39, 0.29) is 41.0 Å². The van der Waals surface area contributed by atoms with E-state index in [1.165, 1.54) is 25.1 Å². The van der Waals surface area contributed by atoms with Crippen molar-refractivity contribution < 1.29 is 33.5 Å². The fourth-order valence-corrected chi connectivity index (χ4v) is 8.64. The minimum atomic E-state index is -1.39. The zero-order chi connectivity index (χ0) is 32.8. The lowest BCUT2D eigenvalue weighted by atomic mass is 9.51. The van der Waals surface area contributed by atoms with Gasteiger partial charge in [0.05, 0.1) is 39.6 Å². The zero-order valence-corrected chi connectivity index (χ0v) is 27.0. The Bertz CT molecular complexity index is 1930. The van der Waals surface area contributed by atoms with E-state index < -0.39 is 58.5 Å². The normalized spacial score (nSPS) is 28.6. The summed E-state index contributed by atoms with van der Waals surface area (Å²) in [5, 5.41) is 10.9. The maximum Gasteiger partial charge on any atom is 0.241 e. The van der Waals surface area contributed by atoms with Gasteiger partial charge in [0.25, 0.3) is 0 Å². The van der Waals surface area contributed by atoms with Crippen molar-refractivity contribution in [2.75, 3.05) is 9.80 Å². The molecule has 0 spiro atoms. The van der Waals surface area contributed by atoms with Crippen LogP contribution in [0.3, 0.4) is 0 Å². The van der Waals surface area contributed by atoms with E-state index in [4.69, 9.17) is 11.6 Å². The average Bonchev–Trinajstić information content (AvgIpc) is 3.39. The first-order valence-corrected chi connectivity index (χ1v) is 16.0. The van der Waals surface area contributed by atoms with Crippen LogP contribution in [0.4, 0.5) is 15.8 Å². The van der Waals surface area contributed by atoms with Crippen LogP contribution in [0.25, 0.3) is 0 Å². The van der Waals surface area contributed by atoms with Gasteiger partial charge in [-0.25, -0.2) is 9.29 Å². The van der Waals surface area contributed by atoms with Crippen molar-refractivity contribution in [3.05, 3.63) is 98.8 Å². The molecular weight excluding hydrogens is 679 g/mol. The fourth-order valence-electron chi connectivity index (χ4n) is 8.09. The number of phenols is 1. The Morgan fingerprint density at radius 3 is 2.30 bits per heavy atom. The molecule has 8 nitrogen and oxygen atoms in total. The van der Waals surface area contributed by atoms with Crippen molar-refractivity contribution in [2.45, 2.75) is 32.6 Å². The summed E-state index contributed by atoms with van der Waals surface area (Å²) in [6.07, 6.45) is 2.23. The number of hydrogen-bond donors (Lipinski definition) is 1. The quantitative estimate of drug-likeness (QED) is 0.186. The monoisotopic (exact) mass is 704 g/mol. The van der Waals surface area contributed by atoms with Crippen LogP contribution in [0.2, 0.25) is 5.02 Å². The van der Waals surface area contributed by atoms with Crippen LogP contribution >= 0.6 is 27.5 Å². The molecule has 3 fully saturated rings. The van der Waals surface area contributed by atoms with Crippen molar-refractivity contribution >= 4 is 68.3 Å². The summed E-state index contributed by atoms with van der Waals surface area (Å²) in [5.74, 6) is -6.60. The Hall–Kier alpha value is -4.15. The number of fused-ring (bicyclic) bond motifs is 4. The summed E-state index contributed by atoms with van der Waals surface area (Å²) in [7, 11) is 0. The fraction of sp³-hybridized carbons (Fsp3) is 0.286. The number of halogens is 3. The predicted molar refractivity (Wildman–Crippen MR) is 171 cm³/mol. The van der Waals surface area contributed by atoms with E-state index in [0.29, 0.717) is 26.9 Å². The number of phenolic OH excluding ortho intramolecular Hbond substituents is 1. The number of nitrogens with zero attached hydrogens (tertiary/aromatic N) is 2. The Morgan fingerprint density at radius 1 is 0.935 bits per heavy atom. The lowest BCUT2D eigenvalue weighted by Crippen LogP contribution is -2.48. The molecule has 0 radical (unpaired) electrons. The van der Waals surface area contributed by atoms with Crippen LogP contribution in [-0.4, -0.2) is 34.5 Å². The van der Waals surface area contributed by atoms with Crippen molar-refractivity contribution in [3.8, 4) is 5.75 Å². The SMILES string of the molecule is CC(=O)c1ccc(N2C(=O)C3CC=C4C(CC5C(=O)N(c6ccc(F)c(Cl)c6)C(=O)C5(C)C4c4cc(Br)ccc4O)C3C2=O)cc1. The molecule has 2 saturated heterocycles. The summed E-state index contributed by atoms with van der Waals surface area (Å²) < 4.78 is 14.7. The number of carbonyl (C=O) groups is 5. The van der Waals surface area contributed by atoms with Gasteiger partial charge in [0.1, 0.15) is 11.6 Å². The maximum absolute atomic E-state index is 14.5. The van der Waals surface area contributed by atoms with E-state index in [9.17, 15) is 33.5 Å². The Balaban J connectivity index is 1.36. The lowest BCUT2D eigenvalue weighted by Gasteiger charge is -2.49. The number of benzene rings is 3. The van der Waals surface area contributed by atoms with E-state index in [1.807, 2.05) is 6.08 Å². The summed E-state index contributed by atoms with van der Waals surface area (Å²) in [4.78, 5) is 70.7. The number of anilines is 2. The van der Waals surface area contributed by atoms with Crippen LogP contribution < -0.4 is 9.80 Å². The second-order valence-corrected chi connectivity index (χ2v) is 13.9. The van der Waals surface area contributed by atoms with Crippen LogP contribution in [0.5, 0.6) is 5.75 Å². The molecule has 4 aliphatic rings. The highest BCUT2D eigenvalue weighted by atomic mass is 79.9. The second kappa shape index (κ2) is 10.7. The lowest BCUT2D eigenvalue weighted by molar-refractivity contribution is -0.131. The molecule has 1 saturated carbocycles. The number of allylic oxidation sites excluding steroid dienone is 2. The van der Waals surface area contributed by atoms with Crippen LogP contribution in [-0.2, 0) is 19.2 Å². The topological polar surface area (TPSA) is 112 Å². The molecule has 3 aromatic carbocycles. The molecule has 0 aromatic heterocycles. The molecule has 6 atom stereocenters. The number of Topliss-reactive ketones (excluding diaryl/α,β-unsaturated/α-hetero) is 1. The summed E-state index contributed by atoms with van der Waals surface area (Å²) in [5.41, 5.74) is 0.650. The molecule has 46 heavy (non-hydrogen) atoms. The highest BCUT2D eigenvalue weighted by Crippen LogP contribution is 2.64. The highest BCUT2D eigenvalue weighted by molar-refractivity contribution is 9.10. The average molecular weight is 706 g/mol. The van der Waals surface area contributed by atoms with Gasteiger partial charge in [-0.05, 0) is 93.3 Å². The molecule has 2 aliphatic carbocycles. The molecule has 2 heterocycles. The summed E-state index contributed by atoms with van der Waals surface area (Å²) in [6.45, 7) is 3.13. The Morgan fingerprint density at radius 2 is 1.63 bits per heavy atom. The van der Waals surface area contributed by atoms with Crippen molar-refractivity contribution in [1.29, 1.82) is 0 Å². The Labute approximate surface area is 276 Å². The van der Waals surface area contributed by atoms with Crippen LogP contribution in [0.15, 0.2) is 76.8 Å². The van der Waals surface area contributed by atoms with Gasteiger partial charge in [0, 0.05) is 21.5 Å². The van der Waals surface area contributed by atoms with Gasteiger partial charge in [0.2, 0.25) is 23.6 Å². The first kappa shape index (κ1) is 30.5. The third kappa shape index (κ3) is 4.26. The van der Waals surface area contributed by atoms with Gasteiger partial charge in [-0.1, -0.05) is 39.2 Å². The zero-order valence-electron chi connectivity index (χ0n) is 24.7. The van der Waals surface area contributed by atoms with Crippen molar-refractivity contribution in [2.24, 2.45) is 29.1 Å². The molecule has 2 aliphatic heterocycles. The smallest absolute Gasteiger partial charge is 0.241 e. The van der Waals surface area contributed by atoms with E-state index in [2.05, 4.69) is 15.9 Å².